The second-order valence-electron chi connectivity index (χ2n) is 5.18. The van der Waals surface area contributed by atoms with Gasteiger partial charge in [0.1, 0.15) is 0 Å². The van der Waals surface area contributed by atoms with Crippen molar-refractivity contribution in [1.29, 1.82) is 0 Å². The molecule has 1 amide bonds. The zero-order valence-electron chi connectivity index (χ0n) is 10.6. The Kier molecular flexibility index (Phi) is 3.68. The fourth-order valence-corrected chi connectivity index (χ4v) is 3.44. The molecule has 0 unspecified atom stereocenters. The highest BCUT2D eigenvalue weighted by Crippen LogP contribution is 2.44. The number of fused-ring (bicyclic) bond motifs is 2. The van der Waals surface area contributed by atoms with E-state index in [9.17, 15) is 14.7 Å². The van der Waals surface area contributed by atoms with E-state index in [0.29, 0.717) is 5.69 Å². The van der Waals surface area contributed by atoms with Gasteiger partial charge >= 0.3 is 5.97 Å². The molecule has 1 aromatic rings. The van der Waals surface area contributed by atoms with E-state index in [0.717, 1.165) is 16.4 Å². The minimum absolute atomic E-state index is 0.259. The Bertz CT molecular complexity index is 545. The summed E-state index contributed by atoms with van der Waals surface area (Å²) in [5.74, 6) is -2.52. The van der Waals surface area contributed by atoms with Gasteiger partial charge in [-0.3, -0.25) is 9.59 Å². The number of carbonyl (C=O) groups excluding carboxylic acids is 1. The van der Waals surface area contributed by atoms with Crippen LogP contribution in [0.15, 0.2) is 24.3 Å². The summed E-state index contributed by atoms with van der Waals surface area (Å²) in [6.45, 7) is 0. The number of hydrogen-bond acceptors (Lipinski definition) is 3. The zero-order chi connectivity index (χ0) is 14.3. The van der Waals surface area contributed by atoms with Crippen molar-refractivity contribution in [3.63, 3.8) is 0 Å². The SMILES string of the molecule is O=C(O)[C@@H]1[C@H](C(=O)Nc2ccc(I)cc2)[C@H]2CC[C@H]1O2. The van der Waals surface area contributed by atoms with Gasteiger partial charge in [-0.15, -0.1) is 0 Å². The summed E-state index contributed by atoms with van der Waals surface area (Å²) >= 11 is 2.18. The predicted octanol–water partition coefficient (Wildman–Crippen LogP) is 2.11. The third kappa shape index (κ3) is 2.42. The van der Waals surface area contributed by atoms with Crippen LogP contribution in [0.2, 0.25) is 0 Å². The van der Waals surface area contributed by atoms with Crippen molar-refractivity contribution in [3.8, 4) is 0 Å². The van der Waals surface area contributed by atoms with Crippen LogP contribution in [0.25, 0.3) is 0 Å². The number of aliphatic carboxylic acids is 1. The number of carboxylic acid groups (broad SMARTS) is 1. The molecule has 0 spiro atoms. The van der Waals surface area contributed by atoms with Crippen LogP contribution < -0.4 is 5.32 Å². The predicted molar refractivity (Wildman–Crippen MR) is 80.3 cm³/mol. The van der Waals surface area contributed by atoms with Gasteiger partial charge in [0.05, 0.1) is 24.0 Å². The van der Waals surface area contributed by atoms with Gasteiger partial charge < -0.3 is 15.2 Å². The molecule has 20 heavy (non-hydrogen) atoms. The summed E-state index contributed by atoms with van der Waals surface area (Å²) in [5, 5.41) is 12.1. The first-order valence-corrected chi connectivity index (χ1v) is 7.59. The molecule has 0 radical (unpaired) electrons. The topological polar surface area (TPSA) is 75.6 Å². The molecule has 4 atom stereocenters. The standard InChI is InChI=1S/C14H14INO4/c15-7-1-3-8(4-2-7)16-13(17)11-9-5-6-10(20-9)12(11)14(18)19/h1-4,9-12H,5-6H2,(H,16,17)(H,18,19)/t9-,10-,11-,12+/m1/s1. The molecule has 2 fully saturated rings. The molecular weight excluding hydrogens is 373 g/mol. The highest BCUT2D eigenvalue weighted by Gasteiger charge is 2.55. The number of rotatable bonds is 3. The van der Waals surface area contributed by atoms with Gasteiger partial charge in [-0.05, 0) is 59.7 Å². The molecule has 3 rings (SSSR count). The number of nitrogens with one attached hydrogen (secondary N) is 1. The van der Waals surface area contributed by atoms with Gasteiger partial charge in [0.25, 0.3) is 0 Å². The third-order valence-corrected chi connectivity index (χ3v) is 4.69. The Hall–Kier alpha value is -1.15. The lowest BCUT2D eigenvalue weighted by Crippen LogP contribution is -2.40. The molecule has 2 heterocycles. The summed E-state index contributed by atoms with van der Waals surface area (Å²) in [4.78, 5) is 23.7. The van der Waals surface area contributed by atoms with Crippen molar-refractivity contribution < 1.29 is 19.4 Å². The van der Waals surface area contributed by atoms with Crippen LogP contribution in [-0.2, 0) is 14.3 Å². The number of amides is 1. The number of benzene rings is 1. The van der Waals surface area contributed by atoms with Crippen molar-refractivity contribution in [3.05, 3.63) is 27.8 Å². The zero-order valence-corrected chi connectivity index (χ0v) is 12.7. The Morgan fingerprint density at radius 1 is 1.15 bits per heavy atom. The van der Waals surface area contributed by atoms with Crippen LogP contribution in [0.4, 0.5) is 5.69 Å². The molecule has 2 bridgehead atoms. The van der Waals surface area contributed by atoms with Crippen LogP contribution in [0.1, 0.15) is 12.8 Å². The molecule has 5 nitrogen and oxygen atoms in total. The third-order valence-electron chi connectivity index (χ3n) is 3.97. The molecule has 2 saturated heterocycles. The second kappa shape index (κ2) is 5.33. The van der Waals surface area contributed by atoms with E-state index in [1.54, 1.807) is 0 Å². The summed E-state index contributed by atoms with van der Waals surface area (Å²) in [6.07, 6.45) is 0.920. The van der Waals surface area contributed by atoms with E-state index in [4.69, 9.17) is 4.74 Å². The van der Waals surface area contributed by atoms with E-state index in [-0.39, 0.29) is 18.1 Å². The van der Waals surface area contributed by atoms with Gasteiger partial charge in [-0.2, -0.15) is 0 Å². The minimum Gasteiger partial charge on any atom is -0.481 e. The summed E-state index contributed by atoms with van der Waals surface area (Å²) in [5.41, 5.74) is 0.683. The first-order valence-electron chi connectivity index (χ1n) is 6.51. The van der Waals surface area contributed by atoms with E-state index < -0.39 is 17.8 Å². The van der Waals surface area contributed by atoms with Crippen molar-refractivity contribution >= 4 is 40.2 Å². The minimum atomic E-state index is -0.944. The normalized spacial score (nSPS) is 31.2. The van der Waals surface area contributed by atoms with Crippen LogP contribution >= 0.6 is 22.6 Å². The lowest BCUT2D eigenvalue weighted by Gasteiger charge is -2.23. The van der Waals surface area contributed by atoms with E-state index in [1.807, 2.05) is 24.3 Å². The van der Waals surface area contributed by atoms with Crippen LogP contribution in [0.5, 0.6) is 0 Å². The number of carboxylic acids is 1. The van der Waals surface area contributed by atoms with Gasteiger partial charge in [-0.1, -0.05) is 0 Å². The fraction of sp³-hybridized carbons (Fsp3) is 0.429. The van der Waals surface area contributed by atoms with Crippen LogP contribution in [0.3, 0.4) is 0 Å². The number of anilines is 1. The Balaban J connectivity index is 1.76. The van der Waals surface area contributed by atoms with Crippen molar-refractivity contribution in [2.24, 2.45) is 11.8 Å². The average molecular weight is 387 g/mol. The Morgan fingerprint density at radius 2 is 1.75 bits per heavy atom. The summed E-state index contributed by atoms with van der Waals surface area (Å²) < 4.78 is 6.67. The van der Waals surface area contributed by atoms with E-state index in [2.05, 4.69) is 27.9 Å². The molecule has 0 aromatic heterocycles. The highest BCUT2D eigenvalue weighted by atomic mass is 127. The molecule has 106 valence electrons. The van der Waals surface area contributed by atoms with Crippen LogP contribution in [-0.4, -0.2) is 29.2 Å². The Labute approximate surface area is 129 Å². The fourth-order valence-electron chi connectivity index (χ4n) is 3.08. The van der Waals surface area contributed by atoms with Gasteiger partial charge in [0.15, 0.2) is 0 Å². The Morgan fingerprint density at radius 3 is 2.35 bits per heavy atom. The quantitative estimate of drug-likeness (QED) is 0.780. The van der Waals surface area contributed by atoms with Crippen molar-refractivity contribution in [2.75, 3.05) is 5.32 Å². The van der Waals surface area contributed by atoms with Crippen molar-refractivity contribution in [1.82, 2.24) is 0 Å². The number of carbonyl (C=O) groups is 2. The molecule has 2 aliphatic heterocycles. The molecular formula is C14H14INO4. The average Bonchev–Trinajstić information content (AvgIpc) is 3.01. The first kappa shape index (κ1) is 13.8. The highest BCUT2D eigenvalue weighted by molar-refractivity contribution is 14.1. The largest absolute Gasteiger partial charge is 0.481 e. The summed E-state index contributed by atoms with van der Waals surface area (Å²) in [6, 6.07) is 7.40. The second-order valence-corrected chi connectivity index (χ2v) is 6.42. The van der Waals surface area contributed by atoms with E-state index in [1.165, 1.54) is 0 Å². The molecule has 0 saturated carbocycles. The van der Waals surface area contributed by atoms with Crippen LogP contribution in [0, 0.1) is 15.4 Å². The number of ether oxygens (including phenoxy) is 1. The maximum Gasteiger partial charge on any atom is 0.310 e. The first-order chi connectivity index (χ1) is 9.56. The maximum absolute atomic E-state index is 12.3. The smallest absolute Gasteiger partial charge is 0.310 e. The number of halogens is 1. The van der Waals surface area contributed by atoms with E-state index >= 15 is 0 Å². The molecule has 0 aliphatic carbocycles. The van der Waals surface area contributed by atoms with Gasteiger partial charge in [0.2, 0.25) is 5.91 Å². The molecule has 2 N–H and O–H groups in total. The molecule has 2 aliphatic rings. The van der Waals surface area contributed by atoms with Crippen molar-refractivity contribution in [2.45, 2.75) is 25.0 Å². The maximum atomic E-state index is 12.3. The van der Waals surface area contributed by atoms with Gasteiger partial charge in [-0.25, -0.2) is 0 Å². The lowest BCUT2D eigenvalue weighted by molar-refractivity contribution is -0.147. The molecule has 6 heteroatoms. The van der Waals surface area contributed by atoms with Gasteiger partial charge in [0, 0.05) is 9.26 Å². The molecule has 1 aromatic carbocycles. The lowest BCUT2D eigenvalue weighted by atomic mass is 9.78. The summed E-state index contributed by atoms with van der Waals surface area (Å²) in [7, 11) is 0. The monoisotopic (exact) mass is 387 g/mol. The number of hydrogen-bond donors (Lipinski definition) is 2.